The number of carbonyl (C=O) groups is 7. The largest absolute Gasteiger partial charge is 0.444 e. The number of hydrogen-bond donors (Lipinski definition) is 6. The summed E-state index contributed by atoms with van der Waals surface area (Å²) in [7, 11) is 1.44. The van der Waals surface area contributed by atoms with E-state index in [0.717, 1.165) is 47.3 Å². The van der Waals surface area contributed by atoms with E-state index in [4.69, 9.17) is 10.5 Å². The molecule has 3 saturated heterocycles. The Hall–Kier alpha value is -6.86. The molecule has 0 bridgehead atoms. The Labute approximate surface area is 419 Å². The number of unbranched alkanes of at least 4 members (excludes halogenated alkanes) is 3. The fourth-order valence-corrected chi connectivity index (χ4v) is 10.2. The van der Waals surface area contributed by atoms with Gasteiger partial charge in [-0.15, -0.1) is 0 Å². The Morgan fingerprint density at radius 1 is 0.847 bits per heavy atom. The zero-order valence-corrected chi connectivity index (χ0v) is 41.6. The predicted octanol–water partition coefficient (Wildman–Crippen LogP) is 4.08. The molecule has 1 aromatic heterocycles. The normalized spacial score (nSPS) is 21.2. The molecule has 3 aliphatic rings. The number of hydrogen-bond acceptors (Lipinski definition) is 11. The third-order valence-corrected chi connectivity index (χ3v) is 13.9. The highest BCUT2D eigenvalue weighted by atomic mass is 16.6. The molecule has 3 aliphatic heterocycles. The number of primary amides is 1. The number of H-pyrrole nitrogens is 1. The second-order valence-corrected chi connectivity index (χ2v) is 20.2. The lowest BCUT2D eigenvalue weighted by atomic mass is 9.98. The van der Waals surface area contributed by atoms with Crippen LogP contribution in [0, 0.1) is 0 Å². The van der Waals surface area contributed by atoms with Crippen LogP contribution in [0.3, 0.4) is 0 Å². The van der Waals surface area contributed by atoms with E-state index in [2.05, 4.69) is 20.9 Å². The molecule has 19 heteroatoms. The average Bonchev–Trinajstić information content (AvgIpc) is 3.92. The highest BCUT2D eigenvalue weighted by molar-refractivity contribution is 6.00. The van der Waals surface area contributed by atoms with Gasteiger partial charge < -0.3 is 41.4 Å². The molecule has 3 fully saturated rings. The third-order valence-electron chi connectivity index (χ3n) is 13.9. The van der Waals surface area contributed by atoms with E-state index in [0.29, 0.717) is 43.3 Å². The van der Waals surface area contributed by atoms with Gasteiger partial charge in [-0.1, -0.05) is 79.6 Å². The van der Waals surface area contributed by atoms with Crippen LogP contribution in [0.4, 0.5) is 4.79 Å². The maximum atomic E-state index is 14.4. The van der Waals surface area contributed by atoms with E-state index in [1.165, 1.54) is 11.6 Å². The number of likely N-dealkylation sites (tertiary alicyclic amines) is 1. The lowest BCUT2D eigenvalue weighted by Gasteiger charge is -2.42. The van der Waals surface area contributed by atoms with E-state index < -0.39 is 77.4 Å². The number of aliphatic hydroxyl groups excluding tert-OH is 1. The van der Waals surface area contributed by atoms with E-state index in [9.17, 15) is 43.5 Å². The molecule has 2 unspecified atom stereocenters. The van der Waals surface area contributed by atoms with Crippen molar-refractivity contribution in [2.75, 3.05) is 20.1 Å². The summed E-state index contributed by atoms with van der Waals surface area (Å²) in [5.74, 6) is -2.48. The van der Waals surface area contributed by atoms with Crippen molar-refractivity contribution in [1.29, 1.82) is 0 Å². The minimum absolute atomic E-state index is 0.0448. The summed E-state index contributed by atoms with van der Waals surface area (Å²) in [4.78, 5) is 113. The van der Waals surface area contributed by atoms with Crippen molar-refractivity contribution in [3.05, 3.63) is 106 Å². The summed E-state index contributed by atoms with van der Waals surface area (Å²) in [5.41, 5.74) is 8.15. The topological polar surface area (TPSA) is 259 Å². The molecule has 4 heterocycles. The molecule has 7 rings (SSSR count). The summed E-state index contributed by atoms with van der Waals surface area (Å²) >= 11 is 0. The molecule has 19 nitrogen and oxygen atoms in total. The predicted molar refractivity (Wildman–Crippen MR) is 268 cm³/mol. The minimum atomic E-state index is -1.42. The number of carbonyl (C=O) groups excluding carboxylic acids is 7. The van der Waals surface area contributed by atoms with Crippen LogP contribution in [-0.2, 0) is 39.9 Å². The van der Waals surface area contributed by atoms with Gasteiger partial charge in [-0.25, -0.2) is 9.59 Å². The van der Waals surface area contributed by atoms with E-state index in [1.807, 2.05) is 78.9 Å². The Morgan fingerprint density at radius 2 is 1.53 bits per heavy atom. The van der Waals surface area contributed by atoms with Crippen LogP contribution in [0.15, 0.2) is 83.7 Å². The van der Waals surface area contributed by atoms with Crippen molar-refractivity contribution in [2.24, 2.45) is 5.73 Å². The van der Waals surface area contributed by atoms with Gasteiger partial charge in [0.2, 0.25) is 29.5 Å². The van der Waals surface area contributed by atoms with Crippen LogP contribution >= 0.6 is 0 Å². The van der Waals surface area contributed by atoms with Crippen molar-refractivity contribution < 1.29 is 43.4 Å². The number of fused-ring (bicyclic) bond motifs is 2. The maximum Gasteiger partial charge on any atom is 0.408 e. The van der Waals surface area contributed by atoms with E-state index in [1.54, 1.807) is 30.6 Å². The molecule has 386 valence electrons. The number of benzene rings is 3. The number of nitrogens with zero attached hydrogens (tertiary/aromatic N) is 4. The van der Waals surface area contributed by atoms with Gasteiger partial charge >= 0.3 is 11.8 Å². The van der Waals surface area contributed by atoms with Gasteiger partial charge in [-0.05, 0) is 101 Å². The van der Waals surface area contributed by atoms with Gasteiger partial charge in [0, 0.05) is 45.4 Å². The number of likely N-dealkylation sites (N-methyl/N-ethyl adjacent to an activating group) is 1. The van der Waals surface area contributed by atoms with Crippen molar-refractivity contribution in [3.8, 4) is 0 Å². The van der Waals surface area contributed by atoms with Crippen molar-refractivity contribution in [2.45, 2.75) is 152 Å². The summed E-state index contributed by atoms with van der Waals surface area (Å²) < 4.78 is 7.01. The van der Waals surface area contributed by atoms with E-state index in [-0.39, 0.29) is 56.5 Å². The molecule has 0 aliphatic carbocycles. The second-order valence-electron chi connectivity index (χ2n) is 20.2. The number of aromatic amines is 1. The van der Waals surface area contributed by atoms with Crippen LogP contribution in [0.1, 0.15) is 127 Å². The quantitative estimate of drug-likeness (QED) is 0.0612. The number of aromatic nitrogens is 2. The molecule has 6 atom stereocenters. The lowest BCUT2D eigenvalue weighted by molar-refractivity contribution is -0.149. The van der Waals surface area contributed by atoms with Gasteiger partial charge in [0.25, 0.3) is 5.91 Å². The van der Waals surface area contributed by atoms with Gasteiger partial charge in [0.1, 0.15) is 23.9 Å². The molecule has 7 N–H and O–H groups in total. The number of alkyl carbamates (subject to hydrolysis) is 1. The first-order chi connectivity index (χ1) is 34.4. The second kappa shape index (κ2) is 23.6. The molecule has 0 spiro atoms. The molecule has 3 aromatic carbocycles. The van der Waals surface area contributed by atoms with E-state index >= 15 is 0 Å². The Balaban J connectivity index is 0.968. The number of nitrogens with two attached hydrogens (primary N) is 1. The molecular formula is C53H69N9O10. The average molecular weight is 992 g/mol. The molecule has 72 heavy (non-hydrogen) atoms. The summed E-state index contributed by atoms with van der Waals surface area (Å²) in [6.07, 6.45) is 3.31. The number of aryl methyl sites for hydroxylation is 1. The number of nitrogens with one attached hydrogen (secondary N) is 4. The van der Waals surface area contributed by atoms with Crippen LogP contribution in [0.25, 0.3) is 11.0 Å². The SMILES string of the molecule is CN1C(=O)CCC(n2c(=O)[nH]c3cc(CCCCCCC(=O)N4CC[C@H]5CC[C@@H](C(=O)N[C@@H](CCC(N)=O)C(=O)NC(c6ccccc6)c6ccccc6)N5C(O)[C@@H](NC(=O)OC(C)(C)C)C4)ccc32)C1=O. The van der Waals surface area contributed by atoms with Gasteiger partial charge in [0.15, 0.2) is 0 Å². The molecule has 0 saturated carbocycles. The van der Waals surface area contributed by atoms with Crippen molar-refractivity contribution >= 4 is 52.6 Å². The standard InChI is InChI=1S/C53H69N9O10/c1-53(2,3)72-52(71)57-39-32-60(45(65)20-14-6-5-9-15-33-21-24-40-38(31-33)56-51(70)62(40)42-26-28-44(64)59(4)50(42)69)30-29-36-22-25-41(61(36)49(39)68)48(67)55-37(23-27-43(54)63)47(66)58-46(34-16-10-7-11-17-34)35-18-12-8-13-19-35/h7-8,10-13,16-19,21,24,31,36-37,39,41-42,46,49,68H,5-6,9,14-15,20,22-23,25-30,32H2,1-4H3,(H2,54,63)(H,55,67)(H,56,70)(H,57,71)(H,58,66)/t36-,37+,39+,41+,42?,49?/m1/s1. The minimum Gasteiger partial charge on any atom is -0.444 e. The van der Waals surface area contributed by atoms with Gasteiger partial charge in [-0.2, -0.15) is 0 Å². The number of piperidine rings is 1. The lowest BCUT2D eigenvalue weighted by Crippen LogP contribution is -2.64. The van der Waals surface area contributed by atoms with Gasteiger partial charge in [0.05, 0.1) is 29.2 Å². The number of rotatable bonds is 18. The number of imide groups is 1. The van der Waals surface area contributed by atoms with Crippen LogP contribution in [-0.4, -0.2) is 127 Å². The van der Waals surface area contributed by atoms with Crippen LogP contribution in [0.2, 0.25) is 0 Å². The molecule has 7 amide bonds. The van der Waals surface area contributed by atoms with Crippen molar-refractivity contribution in [3.63, 3.8) is 0 Å². The molecule has 0 radical (unpaired) electrons. The van der Waals surface area contributed by atoms with Gasteiger partial charge in [-0.3, -0.25) is 43.1 Å². The Morgan fingerprint density at radius 3 is 2.19 bits per heavy atom. The fraction of sp³-hybridized carbons (Fsp3) is 0.509. The molecular weight excluding hydrogens is 923 g/mol. The number of imidazole rings is 1. The molecule has 4 aromatic rings. The summed E-state index contributed by atoms with van der Waals surface area (Å²) in [6, 6.07) is 19.7. The van der Waals surface area contributed by atoms with Crippen LogP contribution < -0.4 is 27.4 Å². The number of ether oxygens (including phenoxy) is 1. The first-order valence-electron chi connectivity index (χ1n) is 25.1. The Kier molecular flexibility index (Phi) is 17.3. The first kappa shape index (κ1) is 53.0. The third kappa shape index (κ3) is 13.2. The fourth-order valence-electron chi connectivity index (χ4n) is 10.2. The Bertz CT molecular complexity index is 2610. The highest BCUT2D eigenvalue weighted by Crippen LogP contribution is 2.33. The summed E-state index contributed by atoms with van der Waals surface area (Å²) in [5, 5.41) is 20.9. The number of aliphatic hydroxyl groups is 1. The first-order valence-corrected chi connectivity index (χ1v) is 25.1. The highest BCUT2D eigenvalue weighted by Gasteiger charge is 2.47. The number of amides is 7. The van der Waals surface area contributed by atoms with Crippen LogP contribution in [0.5, 0.6) is 0 Å². The van der Waals surface area contributed by atoms with Crippen molar-refractivity contribution in [1.82, 2.24) is 40.2 Å². The smallest absolute Gasteiger partial charge is 0.408 e. The zero-order valence-electron chi connectivity index (χ0n) is 41.6. The maximum absolute atomic E-state index is 14.4. The monoisotopic (exact) mass is 992 g/mol. The summed E-state index contributed by atoms with van der Waals surface area (Å²) in [6.45, 7) is 5.41. The zero-order chi connectivity index (χ0) is 51.7.